The van der Waals surface area contributed by atoms with Crippen molar-refractivity contribution in [3.05, 3.63) is 17.8 Å². The first-order chi connectivity index (χ1) is 4.75. The maximum absolute atomic E-state index is 12.3. The Morgan fingerprint density at radius 3 is 3.00 bits per heavy atom. The quantitative estimate of drug-likeness (QED) is 0.543. The van der Waals surface area contributed by atoms with Crippen molar-refractivity contribution >= 4 is 5.97 Å². The van der Waals surface area contributed by atoms with Gasteiger partial charge in [-0.2, -0.15) is 4.39 Å². The Balaban J connectivity index is 2.93. The normalized spacial score (nSPS) is 9.40. The smallest absolute Gasteiger partial charge is 0.345 e. The summed E-state index contributed by atoms with van der Waals surface area (Å²) < 4.78 is 20.6. The lowest BCUT2D eigenvalue weighted by molar-refractivity contribution is 0.0595. The minimum atomic E-state index is -0.952. The van der Waals surface area contributed by atoms with Crippen LogP contribution in [0.2, 0.25) is 0 Å². The van der Waals surface area contributed by atoms with Crippen molar-refractivity contribution in [2.24, 2.45) is 0 Å². The molecule has 0 aliphatic rings. The van der Waals surface area contributed by atoms with Gasteiger partial charge in [0, 0.05) is 0 Å². The minimum absolute atomic E-state index is 0.289. The van der Waals surface area contributed by atoms with E-state index in [1.165, 1.54) is 0 Å². The summed E-state index contributed by atoms with van der Waals surface area (Å²) in [5.41, 5.74) is -0.289. The highest BCUT2D eigenvalue weighted by atomic mass is 19.1. The van der Waals surface area contributed by atoms with Crippen molar-refractivity contribution in [1.82, 2.24) is 5.16 Å². The molecule has 0 spiro atoms. The topological polar surface area (TPSA) is 52.3 Å². The Morgan fingerprint density at radius 1 is 1.90 bits per heavy atom. The molecule has 4 nitrogen and oxygen atoms in total. The van der Waals surface area contributed by atoms with Crippen LogP contribution in [0.25, 0.3) is 0 Å². The number of esters is 1. The molecule has 1 rings (SSSR count). The SMILES string of the molecule is COC(=O)c1conc1F. The average Bonchev–Trinajstić information content (AvgIpc) is 2.34. The highest BCUT2D eigenvalue weighted by molar-refractivity contribution is 5.88. The predicted octanol–water partition coefficient (Wildman–Crippen LogP) is 0.600. The fraction of sp³-hybridized carbons (Fsp3) is 0.200. The molecule has 0 saturated carbocycles. The third-order valence-corrected chi connectivity index (χ3v) is 0.931. The van der Waals surface area contributed by atoms with Crippen LogP contribution in [0.15, 0.2) is 10.8 Å². The van der Waals surface area contributed by atoms with Crippen LogP contribution in [-0.4, -0.2) is 18.2 Å². The van der Waals surface area contributed by atoms with Gasteiger partial charge < -0.3 is 9.26 Å². The predicted molar refractivity (Wildman–Crippen MR) is 27.8 cm³/mol. The van der Waals surface area contributed by atoms with Crippen molar-refractivity contribution in [3.8, 4) is 0 Å². The molecule has 0 aliphatic carbocycles. The first kappa shape index (κ1) is 6.73. The van der Waals surface area contributed by atoms with Gasteiger partial charge in [-0.05, 0) is 5.16 Å². The maximum Gasteiger partial charge on any atom is 0.345 e. The lowest BCUT2D eigenvalue weighted by Crippen LogP contribution is -2.01. The van der Waals surface area contributed by atoms with Crippen molar-refractivity contribution in [3.63, 3.8) is 0 Å². The van der Waals surface area contributed by atoms with Gasteiger partial charge in [0.25, 0.3) is 5.95 Å². The molecule has 0 aliphatic heterocycles. The number of aromatic nitrogens is 1. The lowest BCUT2D eigenvalue weighted by atomic mass is 10.4. The van der Waals surface area contributed by atoms with E-state index in [-0.39, 0.29) is 5.56 Å². The molecule has 0 bridgehead atoms. The van der Waals surface area contributed by atoms with E-state index in [1.54, 1.807) is 0 Å². The summed E-state index contributed by atoms with van der Waals surface area (Å²) in [6.45, 7) is 0. The van der Waals surface area contributed by atoms with Gasteiger partial charge in [0.1, 0.15) is 6.26 Å². The molecule has 54 valence electrons. The molecule has 1 heterocycles. The van der Waals surface area contributed by atoms with Crippen LogP contribution in [0.5, 0.6) is 0 Å². The van der Waals surface area contributed by atoms with E-state index in [1.807, 2.05) is 0 Å². The van der Waals surface area contributed by atoms with Crippen LogP contribution in [-0.2, 0) is 4.74 Å². The zero-order valence-corrected chi connectivity index (χ0v) is 5.13. The Morgan fingerprint density at radius 2 is 2.60 bits per heavy atom. The average molecular weight is 145 g/mol. The van der Waals surface area contributed by atoms with Crippen LogP contribution in [0, 0.1) is 5.95 Å². The second-order valence-electron chi connectivity index (χ2n) is 1.51. The first-order valence-corrected chi connectivity index (χ1v) is 2.44. The number of ether oxygens (including phenoxy) is 1. The number of carbonyl (C=O) groups excluding carboxylic acids is 1. The number of halogens is 1. The van der Waals surface area contributed by atoms with Crippen LogP contribution < -0.4 is 0 Å². The summed E-state index contributed by atoms with van der Waals surface area (Å²) in [7, 11) is 1.15. The largest absolute Gasteiger partial charge is 0.465 e. The van der Waals surface area contributed by atoms with Gasteiger partial charge in [0.05, 0.1) is 7.11 Å². The molecule has 0 aromatic carbocycles. The summed E-state index contributed by atoms with van der Waals surface area (Å²) in [4.78, 5) is 10.5. The number of carbonyl (C=O) groups is 1. The summed E-state index contributed by atoms with van der Waals surface area (Å²) in [6, 6.07) is 0. The van der Waals surface area contributed by atoms with E-state index in [0.717, 1.165) is 13.4 Å². The van der Waals surface area contributed by atoms with Gasteiger partial charge >= 0.3 is 5.97 Å². The molecular weight excluding hydrogens is 141 g/mol. The summed E-state index contributed by atoms with van der Waals surface area (Å²) in [6.07, 6.45) is 0.890. The van der Waals surface area contributed by atoms with Gasteiger partial charge in [-0.1, -0.05) is 0 Å². The Kier molecular flexibility index (Phi) is 1.66. The zero-order chi connectivity index (χ0) is 7.56. The fourth-order valence-electron chi connectivity index (χ4n) is 0.465. The summed E-state index contributed by atoms with van der Waals surface area (Å²) in [5.74, 6) is -1.74. The van der Waals surface area contributed by atoms with Gasteiger partial charge in [-0.15, -0.1) is 0 Å². The molecule has 5 heteroatoms. The summed E-state index contributed by atoms with van der Waals surface area (Å²) >= 11 is 0. The molecule has 1 aromatic heterocycles. The van der Waals surface area contributed by atoms with E-state index in [2.05, 4.69) is 14.4 Å². The maximum atomic E-state index is 12.3. The van der Waals surface area contributed by atoms with E-state index in [9.17, 15) is 9.18 Å². The highest BCUT2D eigenvalue weighted by Crippen LogP contribution is 2.04. The molecule has 0 N–H and O–H groups in total. The molecule has 0 saturated heterocycles. The van der Waals surface area contributed by atoms with Crippen LogP contribution in [0.1, 0.15) is 10.4 Å². The molecule has 0 fully saturated rings. The zero-order valence-electron chi connectivity index (χ0n) is 5.13. The molecule has 0 radical (unpaired) electrons. The standard InChI is InChI=1S/C5H4FNO3/c1-9-5(8)3-2-10-7-4(3)6/h2H,1H3. The van der Waals surface area contributed by atoms with E-state index in [4.69, 9.17) is 0 Å². The van der Waals surface area contributed by atoms with E-state index >= 15 is 0 Å². The van der Waals surface area contributed by atoms with Crippen molar-refractivity contribution in [2.45, 2.75) is 0 Å². The number of hydrogen-bond acceptors (Lipinski definition) is 4. The van der Waals surface area contributed by atoms with E-state index < -0.39 is 11.9 Å². The van der Waals surface area contributed by atoms with Gasteiger partial charge in [-0.25, -0.2) is 4.79 Å². The lowest BCUT2D eigenvalue weighted by Gasteiger charge is -1.89. The first-order valence-electron chi connectivity index (χ1n) is 2.44. The third-order valence-electron chi connectivity index (χ3n) is 0.931. The number of methoxy groups -OCH3 is 1. The molecule has 0 unspecified atom stereocenters. The van der Waals surface area contributed by atoms with Gasteiger partial charge in [-0.3, -0.25) is 0 Å². The number of nitrogens with zero attached hydrogens (tertiary/aromatic N) is 1. The Bertz CT molecular complexity index is 245. The van der Waals surface area contributed by atoms with Crippen molar-refractivity contribution < 1.29 is 18.4 Å². The van der Waals surface area contributed by atoms with Crippen LogP contribution >= 0.6 is 0 Å². The number of rotatable bonds is 1. The van der Waals surface area contributed by atoms with Crippen molar-refractivity contribution in [2.75, 3.05) is 7.11 Å². The van der Waals surface area contributed by atoms with Crippen LogP contribution in [0.4, 0.5) is 4.39 Å². The molecule has 1 aromatic rings. The highest BCUT2D eigenvalue weighted by Gasteiger charge is 2.15. The number of hydrogen-bond donors (Lipinski definition) is 0. The Hall–Kier alpha value is -1.39. The molecule has 0 amide bonds. The second kappa shape index (κ2) is 2.47. The molecule has 10 heavy (non-hydrogen) atoms. The van der Waals surface area contributed by atoms with Gasteiger partial charge in [0.15, 0.2) is 5.56 Å². The van der Waals surface area contributed by atoms with Crippen LogP contribution in [0.3, 0.4) is 0 Å². The van der Waals surface area contributed by atoms with E-state index in [0.29, 0.717) is 0 Å². The molecule has 0 atom stereocenters. The summed E-state index contributed by atoms with van der Waals surface area (Å²) in [5, 5.41) is 2.84. The second-order valence-corrected chi connectivity index (χ2v) is 1.51. The monoisotopic (exact) mass is 145 g/mol. The third kappa shape index (κ3) is 0.975. The fourth-order valence-corrected chi connectivity index (χ4v) is 0.465. The van der Waals surface area contributed by atoms with Gasteiger partial charge in [0.2, 0.25) is 0 Å². The Labute approximate surface area is 55.6 Å². The van der Waals surface area contributed by atoms with Crippen molar-refractivity contribution in [1.29, 1.82) is 0 Å². The molecular formula is C5H4FNO3. The minimum Gasteiger partial charge on any atom is -0.465 e.